The number of hydrogen-bond acceptors (Lipinski definition) is 3. The maximum Gasteiger partial charge on any atom is 0.193 e. The van der Waals surface area contributed by atoms with E-state index in [0.717, 1.165) is 12.1 Å². The molecule has 118 valence electrons. The fraction of sp³-hybridized carbons (Fsp3) is 0.533. The highest BCUT2D eigenvalue weighted by molar-refractivity contribution is 14.0. The van der Waals surface area contributed by atoms with Crippen molar-refractivity contribution in [1.29, 1.82) is 0 Å². The Bertz CT molecular complexity index is 494. The van der Waals surface area contributed by atoms with Crippen molar-refractivity contribution >= 4 is 35.6 Å². The van der Waals surface area contributed by atoms with Gasteiger partial charge in [0.2, 0.25) is 0 Å². The molecule has 21 heavy (non-hydrogen) atoms. The van der Waals surface area contributed by atoms with Gasteiger partial charge in [-0.25, -0.2) is 4.99 Å². The van der Waals surface area contributed by atoms with Crippen LogP contribution in [0, 0.1) is 5.92 Å². The molecule has 0 amide bonds. The van der Waals surface area contributed by atoms with Crippen molar-refractivity contribution in [1.82, 2.24) is 0 Å². The van der Waals surface area contributed by atoms with E-state index >= 15 is 0 Å². The monoisotopic (exact) mass is 405 g/mol. The smallest absolute Gasteiger partial charge is 0.193 e. The van der Waals surface area contributed by atoms with Gasteiger partial charge in [-0.1, -0.05) is 13.3 Å². The molecule has 0 bridgehead atoms. The molecule has 2 atom stereocenters. The Hall–Kier alpha value is -1.18. The topological polar surface area (TPSA) is 68.9 Å². The van der Waals surface area contributed by atoms with E-state index in [9.17, 15) is 0 Å². The first-order valence-electron chi connectivity index (χ1n) is 7.00. The Balaban J connectivity index is 0.00000220. The predicted octanol–water partition coefficient (Wildman–Crippen LogP) is 3.24. The molecule has 1 aliphatic rings. The predicted molar refractivity (Wildman–Crippen MR) is 97.0 cm³/mol. The molecule has 6 heteroatoms. The molecule has 1 fully saturated rings. The highest BCUT2D eigenvalue weighted by Gasteiger charge is 2.35. The number of nitrogens with one attached hydrogen (secondary N) is 1. The van der Waals surface area contributed by atoms with E-state index in [1.807, 2.05) is 18.2 Å². The zero-order valence-electron chi connectivity index (χ0n) is 12.8. The Morgan fingerprint density at radius 3 is 2.67 bits per heavy atom. The van der Waals surface area contributed by atoms with Crippen LogP contribution in [0.15, 0.2) is 23.2 Å². The normalized spacial score (nSPS) is 20.4. The third kappa shape index (κ3) is 4.94. The van der Waals surface area contributed by atoms with Crippen LogP contribution >= 0.6 is 24.0 Å². The number of ether oxygens (including phenoxy) is 2. The molecule has 2 unspecified atom stereocenters. The van der Waals surface area contributed by atoms with Gasteiger partial charge in [0, 0.05) is 11.8 Å². The van der Waals surface area contributed by atoms with Gasteiger partial charge in [-0.3, -0.25) is 0 Å². The van der Waals surface area contributed by atoms with E-state index in [2.05, 4.69) is 17.2 Å². The first-order valence-corrected chi connectivity index (χ1v) is 7.00. The molecule has 0 radical (unpaired) electrons. The minimum Gasteiger partial charge on any atom is -0.493 e. The zero-order chi connectivity index (χ0) is 14.5. The number of guanidine groups is 1. The third-order valence-electron chi connectivity index (χ3n) is 3.51. The van der Waals surface area contributed by atoms with Crippen LogP contribution in [0.1, 0.15) is 26.2 Å². The number of halogens is 1. The van der Waals surface area contributed by atoms with Crippen molar-refractivity contribution in [2.45, 2.75) is 32.2 Å². The summed E-state index contributed by atoms with van der Waals surface area (Å²) in [7, 11) is 3.22. The van der Waals surface area contributed by atoms with Gasteiger partial charge in [0.1, 0.15) is 0 Å². The lowest BCUT2D eigenvalue weighted by atomic mass is 10.2. The minimum absolute atomic E-state index is 0. The fourth-order valence-corrected chi connectivity index (χ4v) is 2.34. The van der Waals surface area contributed by atoms with Gasteiger partial charge in [-0.15, -0.1) is 24.0 Å². The molecule has 0 spiro atoms. The van der Waals surface area contributed by atoms with E-state index < -0.39 is 0 Å². The van der Waals surface area contributed by atoms with Crippen LogP contribution in [-0.2, 0) is 0 Å². The third-order valence-corrected chi connectivity index (χ3v) is 3.51. The second-order valence-electron chi connectivity index (χ2n) is 5.06. The van der Waals surface area contributed by atoms with Crippen molar-refractivity contribution in [3.8, 4) is 11.5 Å². The summed E-state index contributed by atoms with van der Waals surface area (Å²) in [5.41, 5.74) is 6.78. The van der Waals surface area contributed by atoms with Crippen molar-refractivity contribution in [3.63, 3.8) is 0 Å². The second-order valence-corrected chi connectivity index (χ2v) is 5.06. The van der Waals surface area contributed by atoms with Crippen molar-refractivity contribution < 1.29 is 9.47 Å². The van der Waals surface area contributed by atoms with Crippen LogP contribution in [0.4, 0.5) is 5.69 Å². The lowest BCUT2D eigenvalue weighted by Gasteiger charge is -2.10. The number of aliphatic imine (C=N–C) groups is 1. The van der Waals surface area contributed by atoms with E-state index in [-0.39, 0.29) is 24.0 Å². The average molecular weight is 405 g/mol. The molecule has 0 heterocycles. The molecule has 0 aromatic heterocycles. The zero-order valence-corrected chi connectivity index (χ0v) is 15.1. The lowest BCUT2D eigenvalue weighted by Crippen LogP contribution is -2.23. The maximum atomic E-state index is 5.93. The maximum absolute atomic E-state index is 5.93. The Morgan fingerprint density at radius 2 is 2.05 bits per heavy atom. The van der Waals surface area contributed by atoms with Gasteiger partial charge in [-0.2, -0.15) is 0 Å². The molecule has 1 aromatic rings. The molecule has 0 saturated heterocycles. The number of hydrogen-bond donors (Lipinski definition) is 2. The number of rotatable bonds is 6. The van der Waals surface area contributed by atoms with Crippen LogP contribution < -0.4 is 20.5 Å². The molecule has 5 nitrogen and oxygen atoms in total. The van der Waals surface area contributed by atoms with E-state index in [0.29, 0.717) is 29.4 Å². The van der Waals surface area contributed by atoms with Gasteiger partial charge in [0.25, 0.3) is 0 Å². The highest BCUT2D eigenvalue weighted by Crippen LogP contribution is 2.37. The van der Waals surface area contributed by atoms with E-state index in [1.165, 1.54) is 12.8 Å². The average Bonchev–Trinajstić information content (AvgIpc) is 3.16. The van der Waals surface area contributed by atoms with Crippen LogP contribution in [0.2, 0.25) is 0 Å². The molecule has 1 aromatic carbocycles. The summed E-state index contributed by atoms with van der Waals surface area (Å²) < 4.78 is 10.5. The molecule has 1 aliphatic carbocycles. The van der Waals surface area contributed by atoms with Gasteiger partial charge in [0.05, 0.1) is 20.3 Å². The van der Waals surface area contributed by atoms with Crippen LogP contribution in [0.5, 0.6) is 11.5 Å². The minimum atomic E-state index is 0. The first-order chi connectivity index (χ1) is 9.67. The molecule has 2 rings (SSSR count). The van der Waals surface area contributed by atoms with Crippen LogP contribution in [-0.4, -0.2) is 26.2 Å². The summed E-state index contributed by atoms with van der Waals surface area (Å²) >= 11 is 0. The number of anilines is 1. The Kier molecular flexibility index (Phi) is 7.07. The first kappa shape index (κ1) is 17.9. The summed E-state index contributed by atoms with van der Waals surface area (Å²) in [6.45, 7) is 2.20. The highest BCUT2D eigenvalue weighted by atomic mass is 127. The molecule has 1 saturated carbocycles. The van der Waals surface area contributed by atoms with Gasteiger partial charge in [-0.05, 0) is 30.9 Å². The number of nitrogens with zero attached hydrogens (tertiary/aromatic N) is 1. The van der Waals surface area contributed by atoms with Crippen molar-refractivity contribution in [2.24, 2.45) is 16.6 Å². The van der Waals surface area contributed by atoms with Crippen molar-refractivity contribution in [2.75, 3.05) is 19.5 Å². The van der Waals surface area contributed by atoms with E-state index in [4.69, 9.17) is 15.2 Å². The molecule has 3 N–H and O–H groups in total. The van der Waals surface area contributed by atoms with Crippen LogP contribution in [0.25, 0.3) is 0 Å². The van der Waals surface area contributed by atoms with Gasteiger partial charge < -0.3 is 20.5 Å². The second kappa shape index (κ2) is 8.31. The van der Waals surface area contributed by atoms with Crippen LogP contribution in [0.3, 0.4) is 0 Å². The van der Waals surface area contributed by atoms with Crippen molar-refractivity contribution in [3.05, 3.63) is 18.2 Å². The van der Waals surface area contributed by atoms with Gasteiger partial charge in [0.15, 0.2) is 17.5 Å². The van der Waals surface area contributed by atoms with E-state index in [1.54, 1.807) is 14.2 Å². The number of benzene rings is 1. The number of nitrogens with two attached hydrogens (primary N) is 1. The molecular weight excluding hydrogens is 381 g/mol. The fourth-order valence-electron chi connectivity index (χ4n) is 2.34. The Morgan fingerprint density at radius 1 is 1.33 bits per heavy atom. The summed E-state index contributed by atoms with van der Waals surface area (Å²) in [6, 6.07) is 5.96. The Labute approximate surface area is 143 Å². The summed E-state index contributed by atoms with van der Waals surface area (Å²) in [5.74, 6) is 2.53. The van der Waals surface area contributed by atoms with Gasteiger partial charge >= 0.3 is 0 Å². The largest absolute Gasteiger partial charge is 0.493 e. The lowest BCUT2D eigenvalue weighted by molar-refractivity contribution is 0.355. The summed E-state index contributed by atoms with van der Waals surface area (Å²) in [6.07, 6.45) is 3.60. The summed E-state index contributed by atoms with van der Waals surface area (Å²) in [5, 5.41) is 3.09. The quantitative estimate of drug-likeness (QED) is 0.433. The molecule has 0 aliphatic heterocycles. The number of methoxy groups -OCH3 is 2. The SMILES string of the molecule is CCCC1CC1N=C(N)Nc1ccc(OC)c(OC)c1.I. The summed E-state index contributed by atoms with van der Waals surface area (Å²) in [4.78, 5) is 4.49. The standard InChI is InChI=1S/C15H23N3O2.HI/c1-4-5-10-8-12(10)18-15(16)17-11-6-7-13(19-2)14(9-11)20-3;/h6-7,9-10,12H,4-5,8H2,1-3H3,(H3,16,17,18);1H. The molecular formula is C15H24IN3O2.